The van der Waals surface area contributed by atoms with Gasteiger partial charge in [0.15, 0.2) is 0 Å². The van der Waals surface area contributed by atoms with Crippen molar-refractivity contribution in [2.75, 3.05) is 26.7 Å². The molecule has 1 aromatic rings. The van der Waals surface area contributed by atoms with Crippen LogP contribution in [-0.4, -0.2) is 45.4 Å². The molecule has 0 amide bonds. The second-order valence-corrected chi connectivity index (χ2v) is 8.24. The van der Waals surface area contributed by atoms with Crippen molar-refractivity contribution in [1.82, 2.24) is 14.3 Å². The van der Waals surface area contributed by atoms with E-state index in [4.69, 9.17) is 0 Å². The highest BCUT2D eigenvalue weighted by Gasteiger charge is 2.28. The summed E-state index contributed by atoms with van der Waals surface area (Å²) in [5.41, 5.74) is 1.18. The molecule has 120 valence electrons. The Balaban J connectivity index is 1.84. The van der Waals surface area contributed by atoms with E-state index in [0.29, 0.717) is 19.0 Å². The lowest BCUT2D eigenvalue weighted by Crippen LogP contribution is -2.48. The largest absolute Gasteiger partial charge is 0.319 e. The molecule has 1 aliphatic rings. The maximum absolute atomic E-state index is 12.4. The Bertz CT molecular complexity index is 508. The van der Waals surface area contributed by atoms with Gasteiger partial charge in [-0.3, -0.25) is 0 Å². The third-order valence-corrected chi connectivity index (χ3v) is 6.36. The Hall–Kier alpha value is -0.470. The Labute approximate surface area is 131 Å². The number of thiophene rings is 1. The van der Waals surface area contributed by atoms with Crippen LogP contribution in [0, 0.1) is 5.92 Å². The Morgan fingerprint density at radius 2 is 2.14 bits per heavy atom. The van der Waals surface area contributed by atoms with E-state index in [0.717, 1.165) is 25.8 Å². The van der Waals surface area contributed by atoms with Gasteiger partial charge < -0.3 is 5.32 Å². The third kappa shape index (κ3) is 5.03. The van der Waals surface area contributed by atoms with Crippen LogP contribution in [0.2, 0.25) is 0 Å². The zero-order valence-corrected chi connectivity index (χ0v) is 14.3. The molecule has 1 fully saturated rings. The summed E-state index contributed by atoms with van der Waals surface area (Å²) in [6, 6.07) is 1.96. The number of piperidine rings is 1. The fourth-order valence-corrected chi connectivity index (χ4v) is 4.89. The lowest BCUT2D eigenvalue weighted by molar-refractivity contribution is 0.267. The van der Waals surface area contributed by atoms with Gasteiger partial charge in [-0.25, -0.2) is 0 Å². The quantitative estimate of drug-likeness (QED) is 0.795. The maximum Gasteiger partial charge on any atom is 0.279 e. The first-order chi connectivity index (χ1) is 10.0. The van der Waals surface area contributed by atoms with Gasteiger partial charge in [0.2, 0.25) is 0 Å². The van der Waals surface area contributed by atoms with Crippen molar-refractivity contribution >= 4 is 21.5 Å². The summed E-state index contributed by atoms with van der Waals surface area (Å²) in [6.45, 7) is 4.12. The first-order valence-electron chi connectivity index (χ1n) is 7.44. The van der Waals surface area contributed by atoms with Crippen molar-refractivity contribution in [2.45, 2.75) is 32.2 Å². The fourth-order valence-electron chi connectivity index (χ4n) is 2.78. The average molecular weight is 332 g/mol. The van der Waals surface area contributed by atoms with Crippen LogP contribution in [0.4, 0.5) is 0 Å². The number of hydrogen-bond acceptors (Lipinski definition) is 4. The topological polar surface area (TPSA) is 61.4 Å². The standard InChI is InChI=1S/C14H25N3O2S2/c1-12(9-14-5-8-20-11-14)16-21(18,19)17-6-3-13(4-7-17)10-15-2/h5,8,11-13,15-16H,3-4,6-7,9-10H2,1-2H3. The molecule has 21 heavy (non-hydrogen) atoms. The van der Waals surface area contributed by atoms with E-state index < -0.39 is 10.2 Å². The molecule has 0 aliphatic carbocycles. The third-order valence-electron chi connectivity index (χ3n) is 3.88. The van der Waals surface area contributed by atoms with Crippen molar-refractivity contribution in [1.29, 1.82) is 0 Å². The first kappa shape index (κ1) is 16.9. The smallest absolute Gasteiger partial charge is 0.279 e. The molecule has 2 rings (SSSR count). The van der Waals surface area contributed by atoms with E-state index in [1.54, 1.807) is 15.6 Å². The zero-order valence-electron chi connectivity index (χ0n) is 12.7. The van der Waals surface area contributed by atoms with E-state index >= 15 is 0 Å². The normalized spacial score (nSPS) is 19.7. The average Bonchev–Trinajstić information content (AvgIpc) is 2.92. The Morgan fingerprint density at radius 1 is 1.43 bits per heavy atom. The molecule has 1 unspecified atom stereocenters. The summed E-state index contributed by atoms with van der Waals surface area (Å²) in [5.74, 6) is 0.588. The molecule has 0 aromatic carbocycles. The molecule has 1 aliphatic heterocycles. The second kappa shape index (κ2) is 7.69. The zero-order chi connectivity index (χ0) is 15.3. The van der Waals surface area contributed by atoms with Gasteiger partial charge in [0.05, 0.1) is 0 Å². The summed E-state index contributed by atoms with van der Waals surface area (Å²) in [4.78, 5) is 0. The molecule has 5 nitrogen and oxygen atoms in total. The monoisotopic (exact) mass is 331 g/mol. The maximum atomic E-state index is 12.4. The minimum absolute atomic E-state index is 0.0837. The van der Waals surface area contributed by atoms with Crippen LogP contribution in [0.5, 0.6) is 0 Å². The van der Waals surface area contributed by atoms with E-state index in [1.807, 2.05) is 25.4 Å². The molecule has 2 heterocycles. The van der Waals surface area contributed by atoms with Crippen LogP contribution < -0.4 is 10.0 Å². The fraction of sp³-hybridized carbons (Fsp3) is 0.714. The minimum atomic E-state index is -3.36. The molecule has 1 aromatic heterocycles. The molecule has 0 radical (unpaired) electrons. The van der Waals surface area contributed by atoms with Crippen LogP contribution in [0.1, 0.15) is 25.3 Å². The molecular weight excluding hydrogens is 306 g/mol. The lowest BCUT2D eigenvalue weighted by Gasteiger charge is -2.32. The molecular formula is C14H25N3O2S2. The Morgan fingerprint density at radius 3 is 2.71 bits per heavy atom. The molecule has 1 saturated heterocycles. The van der Waals surface area contributed by atoms with Gasteiger partial charge in [0, 0.05) is 19.1 Å². The van der Waals surface area contributed by atoms with E-state index in [-0.39, 0.29) is 6.04 Å². The lowest BCUT2D eigenvalue weighted by atomic mass is 9.98. The molecule has 0 bridgehead atoms. The first-order valence-corrected chi connectivity index (χ1v) is 9.82. The summed E-state index contributed by atoms with van der Waals surface area (Å²) in [7, 11) is -1.42. The van der Waals surface area contributed by atoms with Crippen molar-refractivity contribution in [3.05, 3.63) is 22.4 Å². The van der Waals surface area contributed by atoms with E-state index in [1.165, 1.54) is 5.56 Å². The highest BCUT2D eigenvalue weighted by atomic mass is 32.2. The molecule has 0 saturated carbocycles. The van der Waals surface area contributed by atoms with Crippen molar-refractivity contribution in [3.63, 3.8) is 0 Å². The van der Waals surface area contributed by atoms with Gasteiger partial charge >= 0.3 is 0 Å². The molecule has 7 heteroatoms. The molecule has 0 spiro atoms. The summed E-state index contributed by atoms with van der Waals surface area (Å²) >= 11 is 1.64. The van der Waals surface area contributed by atoms with E-state index in [2.05, 4.69) is 15.4 Å². The number of hydrogen-bond donors (Lipinski definition) is 2. The van der Waals surface area contributed by atoms with Gasteiger partial charge in [-0.05, 0) is 68.1 Å². The van der Waals surface area contributed by atoms with Crippen LogP contribution in [0.15, 0.2) is 16.8 Å². The Kier molecular flexibility index (Phi) is 6.19. The summed E-state index contributed by atoms with van der Waals surface area (Å²) in [5, 5.41) is 7.25. The van der Waals surface area contributed by atoms with Crippen molar-refractivity contribution < 1.29 is 8.42 Å². The SMILES string of the molecule is CNCC1CCN(S(=O)(=O)NC(C)Cc2ccsc2)CC1. The van der Waals surface area contributed by atoms with Crippen LogP contribution >= 0.6 is 11.3 Å². The number of nitrogens with one attached hydrogen (secondary N) is 2. The highest BCUT2D eigenvalue weighted by Crippen LogP contribution is 2.19. The predicted octanol–water partition coefficient (Wildman–Crippen LogP) is 1.44. The summed E-state index contributed by atoms with van der Waals surface area (Å²) in [6.07, 6.45) is 2.60. The molecule has 1 atom stereocenters. The second-order valence-electron chi connectivity index (χ2n) is 5.76. The van der Waals surface area contributed by atoms with Gasteiger partial charge in [0.1, 0.15) is 0 Å². The van der Waals surface area contributed by atoms with Crippen molar-refractivity contribution in [2.24, 2.45) is 5.92 Å². The van der Waals surface area contributed by atoms with E-state index in [9.17, 15) is 8.42 Å². The van der Waals surface area contributed by atoms with Crippen LogP contribution in [-0.2, 0) is 16.6 Å². The highest BCUT2D eigenvalue weighted by molar-refractivity contribution is 7.87. The van der Waals surface area contributed by atoms with Crippen molar-refractivity contribution in [3.8, 4) is 0 Å². The predicted molar refractivity (Wildman–Crippen MR) is 87.8 cm³/mol. The van der Waals surface area contributed by atoms with Gasteiger partial charge in [-0.1, -0.05) is 0 Å². The van der Waals surface area contributed by atoms with Crippen LogP contribution in [0.3, 0.4) is 0 Å². The molecule has 2 N–H and O–H groups in total. The number of nitrogens with zero attached hydrogens (tertiary/aromatic N) is 1. The van der Waals surface area contributed by atoms with Gasteiger partial charge in [-0.15, -0.1) is 0 Å². The van der Waals surface area contributed by atoms with Gasteiger partial charge in [-0.2, -0.15) is 28.8 Å². The van der Waals surface area contributed by atoms with Gasteiger partial charge in [0.25, 0.3) is 10.2 Å². The summed E-state index contributed by atoms with van der Waals surface area (Å²) < 4.78 is 29.2. The minimum Gasteiger partial charge on any atom is -0.319 e. The van der Waals surface area contributed by atoms with Crippen LogP contribution in [0.25, 0.3) is 0 Å². The number of rotatable bonds is 7.